The molecule has 0 spiro atoms. The van der Waals surface area contributed by atoms with Crippen LogP contribution in [0.15, 0.2) is 0 Å². The first kappa shape index (κ1) is 21.8. The highest BCUT2D eigenvalue weighted by Crippen LogP contribution is 2.34. The van der Waals surface area contributed by atoms with Crippen LogP contribution in [0.5, 0.6) is 0 Å². The predicted molar refractivity (Wildman–Crippen MR) is 114 cm³/mol. The van der Waals surface area contributed by atoms with Crippen LogP contribution < -0.4 is 10.6 Å². The van der Waals surface area contributed by atoms with Crippen molar-refractivity contribution in [2.75, 3.05) is 20.6 Å². The number of hydrogen-bond donors (Lipinski definition) is 2. The maximum absolute atomic E-state index is 13.3. The third kappa shape index (κ3) is 4.82. The van der Waals surface area contributed by atoms with E-state index in [2.05, 4.69) is 27.1 Å². The Hall–Kier alpha value is -1.89. The first-order valence-corrected chi connectivity index (χ1v) is 11.0. The Morgan fingerprint density at radius 2 is 1.79 bits per heavy atom. The summed E-state index contributed by atoms with van der Waals surface area (Å²) in [6.45, 7) is 8.51. The summed E-state index contributed by atoms with van der Waals surface area (Å²) in [4.78, 5) is 32.9. The van der Waals surface area contributed by atoms with Gasteiger partial charge in [-0.3, -0.25) is 9.59 Å². The summed E-state index contributed by atoms with van der Waals surface area (Å²) in [6.07, 6.45) is 7.11. The Labute approximate surface area is 174 Å². The lowest BCUT2D eigenvalue weighted by molar-refractivity contribution is -0.124. The number of carbonyl (C=O) groups is 2. The van der Waals surface area contributed by atoms with Crippen molar-refractivity contribution < 1.29 is 9.59 Å². The number of rotatable bonds is 4. The van der Waals surface area contributed by atoms with Gasteiger partial charge in [0.25, 0.3) is 5.91 Å². The first-order valence-electron chi connectivity index (χ1n) is 11.0. The Morgan fingerprint density at radius 1 is 1.10 bits per heavy atom. The SMILES string of the molecule is CNC(=O)[C@@H](NC(=O)c1nc(C2CCCCC2)n2c1CN(C)CCC2)C(C)(C)C. The summed E-state index contributed by atoms with van der Waals surface area (Å²) < 4.78 is 2.31. The van der Waals surface area contributed by atoms with Gasteiger partial charge in [-0.05, 0) is 38.3 Å². The fraction of sp³-hybridized carbons (Fsp3) is 0.773. The summed E-state index contributed by atoms with van der Waals surface area (Å²) in [6, 6.07) is -0.612. The number of nitrogens with zero attached hydrogens (tertiary/aromatic N) is 3. The molecule has 29 heavy (non-hydrogen) atoms. The molecule has 2 heterocycles. The summed E-state index contributed by atoms with van der Waals surface area (Å²) in [5.74, 6) is 1.09. The Bertz CT molecular complexity index is 743. The lowest BCUT2D eigenvalue weighted by atomic mass is 9.86. The number of fused-ring (bicyclic) bond motifs is 1. The number of imidazole rings is 1. The molecule has 3 rings (SSSR count). The second-order valence-corrected chi connectivity index (χ2v) is 9.73. The number of aromatic nitrogens is 2. The van der Waals surface area contributed by atoms with Crippen LogP contribution in [0.25, 0.3) is 0 Å². The normalized spacial score (nSPS) is 19.9. The molecule has 0 radical (unpaired) electrons. The van der Waals surface area contributed by atoms with Crippen molar-refractivity contribution in [1.82, 2.24) is 25.1 Å². The molecule has 162 valence electrons. The first-order chi connectivity index (χ1) is 13.7. The molecule has 2 N–H and O–H groups in total. The molecule has 0 unspecified atom stereocenters. The molecule has 2 aliphatic rings. The van der Waals surface area contributed by atoms with Crippen LogP contribution in [-0.4, -0.2) is 52.9 Å². The standard InChI is InChI=1S/C22H37N5O2/c1-22(2,3)18(21(29)23-4)25-20(28)17-16-14-26(5)12-9-13-27(16)19(24-17)15-10-7-6-8-11-15/h15,18H,6-14H2,1-5H3,(H,23,29)(H,25,28)/t18-/m1/s1. The van der Waals surface area contributed by atoms with E-state index in [-0.39, 0.29) is 11.8 Å². The molecule has 0 bridgehead atoms. The smallest absolute Gasteiger partial charge is 0.272 e. The van der Waals surface area contributed by atoms with Gasteiger partial charge in [-0.1, -0.05) is 40.0 Å². The van der Waals surface area contributed by atoms with E-state index in [4.69, 9.17) is 4.98 Å². The largest absolute Gasteiger partial charge is 0.357 e. The summed E-state index contributed by atoms with van der Waals surface area (Å²) in [5.41, 5.74) is 1.10. The molecule has 1 saturated carbocycles. The average Bonchev–Trinajstić information content (AvgIpc) is 2.92. The quantitative estimate of drug-likeness (QED) is 0.810. The number of nitrogens with one attached hydrogen (secondary N) is 2. The highest BCUT2D eigenvalue weighted by Gasteiger charge is 2.35. The van der Waals surface area contributed by atoms with E-state index in [0.717, 1.165) is 43.9 Å². The van der Waals surface area contributed by atoms with Crippen LogP contribution in [0.3, 0.4) is 0 Å². The van der Waals surface area contributed by atoms with Crippen LogP contribution in [0.1, 0.15) is 87.2 Å². The number of amides is 2. The number of carbonyl (C=O) groups excluding carboxylic acids is 2. The molecule has 1 fully saturated rings. The van der Waals surface area contributed by atoms with E-state index in [0.29, 0.717) is 18.2 Å². The molecule has 1 aliphatic heterocycles. The van der Waals surface area contributed by atoms with Crippen molar-refractivity contribution in [3.8, 4) is 0 Å². The van der Waals surface area contributed by atoms with Gasteiger partial charge in [-0.15, -0.1) is 0 Å². The minimum absolute atomic E-state index is 0.180. The van der Waals surface area contributed by atoms with Crippen molar-refractivity contribution in [1.29, 1.82) is 0 Å². The minimum atomic E-state index is -0.612. The summed E-state index contributed by atoms with van der Waals surface area (Å²) >= 11 is 0. The van der Waals surface area contributed by atoms with Gasteiger partial charge in [0.05, 0.1) is 5.69 Å². The third-order valence-electron chi connectivity index (χ3n) is 6.28. The van der Waals surface area contributed by atoms with Gasteiger partial charge in [-0.2, -0.15) is 0 Å². The Kier molecular flexibility index (Phi) is 6.66. The second-order valence-electron chi connectivity index (χ2n) is 9.73. The molecule has 0 saturated heterocycles. The monoisotopic (exact) mass is 403 g/mol. The molecular weight excluding hydrogens is 366 g/mol. The van der Waals surface area contributed by atoms with E-state index in [1.165, 1.54) is 19.3 Å². The van der Waals surface area contributed by atoms with Crippen LogP contribution in [-0.2, 0) is 17.9 Å². The second kappa shape index (κ2) is 8.86. The lowest BCUT2D eigenvalue weighted by Crippen LogP contribution is -2.53. The van der Waals surface area contributed by atoms with Crippen molar-refractivity contribution in [3.05, 3.63) is 17.2 Å². The molecule has 0 aromatic carbocycles. The van der Waals surface area contributed by atoms with Crippen molar-refractivity contribution in [3.63, 3.8) is 0 Å². The molecule has 7 nitrogen and oxygen atoms in total. The molecule has 1 aromatic rings. The van der Waals surface area contributed by atoms with E-state index >= 15 is 0 Å². The van der Waals surface area contributed by atoms with E-state index in [1.54, 1.807) is 7.05 Å². The van der Waals surface area contributed by atoms with Gasteiger partial charge < -0.3 is 20.1 Å². The van der Waals surface area contributed by atoms with E-state index < -0.39 is 11.5 Å². The van der Waals surface area contributed by atoms with Gasteiger partial charge in [0.1, 0.15) is 11.9 Å². The molecule has 1 aliphatic carbocycles. The zero-order valence-corrected chi connectivity index (χ0v) is 18.7. The summed E-state index contributed by atoms with van der Waals surface area (Å²) in [5, 5.41) is 5.66. The zero-order valence-electron chi connectivity index (χ0n) is 18.7. The summed E-state index contributed by atoms with van der Waals surface area (Å²) in [7, 11) is 3.69. The Balaban J connectivity index is 1.96. The van der Waals surface area contributed by atoms with Gasteiger partial charge in [0.15, 0.2) is 5.69 Å². The molecule has 2 amide bonds. The predicted octanol–water partition coefficient (Wildman–Crippen LogP) is 2.66. The minimum Gasteiger partial charge on any atom is -0.357 e. The molecular formula is C22H37N5O2. The van der Waals surface area contributed by atoms with Crippen molar-refractivity contribution >= 4 is 11.8 Å². The fourth-order valence-electron chi connectivity index (χ4n) is 4.62. The highest BCUT2D eigenvalue weighted by atomic mass is 16.2. The van der Waals surface area contributed by atoms with Crippen molar-refractivity contribution in [2.45, 2.75) is 84.3 Å². The van der Waals surface area contributed by atoms with Gasteiger partial charge in [0.2, 0.25) is 5.91 Å². The fourth-order valence-corrected chi connectivity index (χ4v) is 4.62. The number of hydrogen-bond acceptors (Lipinski definition) is 4. The lowest BCUT2D eigenvalue weighted by Gasteiger charge is -2.29. The van der Waals surface area contributed by atoms with Gasteiger partial charge in [-0.25, -0.2) is 4.98 Å². The molecule has 7 heteroatoms. The van der Waals surface area contributed by atoms with Gasteiger partial charge in [0, 0.05) is 26.1 Å². The van der Waals surface area contributed by atoms with E-state index in [9.17, 15) is 9.59 Å². The topological polar surface area (TPSA) is 79.3 Å². The molecule has 1 atom stereocenters. The maximum atomic E-state index is 13.3. The van der Waals surface area contributed by atoms with Gasteiger partial charge >= 0.3 is 0 Å². The average molecular weight is 404 g/mol. The number of likely N-dealkylation sites (N-methyl/N-ethyl adjacent to an activating group) is 1. The highest BCUT2D eigenvalue weighted by molar-refractivity contribution is 5.97. The zero-order chi connectivity index (χ0) is 21.2. The Morgan fingerprint density at radius 3 is 2.41 bits per heavy atom. The van der Waals surface area contributed by atoms with Crippen molar-refractivity contribution in [2.24, 2.45) is 5.41 Å². The van der Waals surface area contributed by atoms with Crippen LogP contribution >= 0.6 is 0 Å². The maximum Gasteiger partial charge on any atom is 0.272 e. The molecule has 1 aromatic heterocycles. The third-order valence-corrected chi connectivity index (χ3v) is 6.28. The van der Waals surface area contributed by atoms with E-state index in [1.807, 2.05) is 20.8 Å². The van der Waals surface area contributed by atoms with Crippen LogP contribution in [0, 0.1) is 5.41 Å². The van der Waals surface area contributed by atoms with Crippen LogP contribution in [0.2, 0.25) is 0 Å². The van der Waals surface area contributed by atoms with Crippen LogP contribution in [0.4, 0.5) is 0 Å².